The van der Waals surface area contributed by atoms with Gasteiger partial charge in [-0.25, -0.2) is 14.7 Å². The van der Waals surface area contributed by atoms with Crippen molar-refractivity contribution < 1.29 is 27.6 Å². The van der Waals surface area contributed by atoms with Crippen LogP contribution >= 0.6 is 11.8 Å². The lowest BCUT2D eigenvalue weighted by atomic mass is 10.0. The Kier molecular flexibility index (Phi) is 8.55. The Morgan fingerprint density at radius 3 is 2.56 bits per heavy atom. The Morgan fingerprint density at radius 1 is 1.18 bits per heavy atom. The second-order valence-electron chi connectivity index (χ2n) is 10.5. The van der Waals surface area contributed by atoms with Gasteiger partial charge in [-0.05, 0) is 92.9 Å². The summed E-state index contributed by atoms with van der Waals surface area (Å²) in [7, 11) is 0. The van der Waals surface area contributed by atoms with Crippen molar-refractivity contribution in [2.75, 3.05) is 29.9 Å². The quantitative estimate of drug-likeness (QED) is 0.337. The van der Waals surface area contributed by atoms with Crippen LogP contribution in [0.25, 0.3) is 0 Å². The summed E-state index contributed by atoms with van der Waals surface area (Å²) in [5.74, 6) is 0.352. The number of likely N-dealkylation sites (tertiary alicyclic amines) is 1. The van der Waals surface area contributed by atoms with Crippen LogP contribution in [-0.2, 0) is 16.1 Å². The Balaban J connectivity index is 1.41. The van der Waals surface area contributed by atoms with Crippen LogP contribution in [0.2, 0.25) is 0 Å². The Hall–Kier alpha value is -3.12. The molecular formula is C27H32F3N5O3S. The van der Waals surface area contributed by atoms with E-state index in [9.17, 15) is 27.6 Å². The van der Waals surface area contributed by atoms with E-state index in [1.54, 1.807) is 26.0 Å². The molecule has 4 rings (SSSR count). The molecule has 12 heteroatoms. The lowest BCUT2D eigenvalue weighted by molar-refractivity contribution is -0.123. The molecule has 2 aliphatic heterocycles. The average Bonchev–Trinajstić information content (AvgIpc) is 3.02. The number of hydrogen-bond donors (Lipinski definition) is 1. The molecule has 8 nitrogen and oxygen atoms in total. The van der Waals surface area contributed by atoms with Crippen LogP contribution in [0.3, 0.4) is 0 Å². The number of piperidine rings is 1. The molecule has 1 unspecified atom stereocenters. The van der Waals surface area contributed by atoms with Crippen LogP contribution < -0.4 is 10.2 Å². The molecule has 3 heterocycles. The SMILES string of the molecule is CC1CCCN(CCC(=O)Nc2cc(CN3C(=O)N(c4ccc(SC(F)(F)F)cc4)C(=O)C3(C)C)ccn2)C1. The zero-order chi connectivity index (χ0) is 28.4. The fourth-order valence-electron chi connectivity index (χ4n) is 4.90. The van der Waals surface area contributed by atoms with Gasteiger partial charge in [0.05, 0.1) is 5.69 Å². The number of rotatable bonds is 8. The summed E-state index contributed by atoms with van der Waals surface area (Å²) in [6, 6.07) is 7.90. The predicted molar refractivity (Wildman–Crippen MR) is 143 cm³/mol. The number of amides is 4. The number of imide groups is 1. The molecule has 2 fully saturated rings. The second-order valence-corrected chi connectivity index (χ2v) is 11.6. The summed E-state index contributed by atoms with van der Waals surface area (Å²) in [6.07, 6.45) is 4.23. The molecular weight excluding hydrogens is 531 g/mol. The maximum atomic E-state index is 13.3. The van der Waals surface area contributed by atoms with Crippen LogP contribution in [0.15, 0.2) is 47.5 Å². The zero-order valence-corrected chi connectivity index (χ0v) is 22.9. The molecule has 0 aliphatic carbocycles. The number of alkyl halides is 3. The summed E-state index contributed by atoms with van der Waals surface area (Å²) in [6.45, 7) is 8.20. The van der Waals surface area contributed by atoms with E-state index in [0.717, 1.165) is 24.4 Å². The Labute approximate surface area is 229 Å². The minimum absolute atomic E-state index is 0.0432. The number of benzene rings is 1. The van der Waals surface area contributed by atoms with Gasteiger partial charge in [-0.15, -0.1) is 0 Å². The molecule has 1 N–H and O–H groups in total. The van der Waals surface area contributed by atoms with E-state index in [4.69, 9.17) is 0 Å². The Morgan fingerprint density at radius 2 is 1.90 bits per heavy atom. The van der Waals surface area contributed by atoms with Gasteiger partial charge in [-0.2, -0.15) is 13.2 Å². The van der Waals surface area contributed by atoms with E-state index >= 15 is 0 Å². The smallest absolute Gasteiger partial charge is 0.311 e. The molecule has 2 saturated heterocycles. The fourth-order valence-corrected chi connectivity index (χ4v) is 5.44. The number of pyridine rings is 1. The molecule has 1 aromatic carbocycles. The number of halogens is 3. The van der Waals surface area contributed by atoms with Crippen LogP contribution in [0, 0.1) is 5.92 Å². The van der Waals surface area contributed by atoms with Crippen molar-refractivity contribution in [1.82, 2.24) is 14.8 Å². The van der Waals surface area contributed by atoms with E-state index < -0.39 is 23.0 Å². The van der Waals surface area contributed by atoms with Crippen molar-refractivity contribution in [3.05, 3.63) is 48.2 Å². The van der Waals surface area contributed by atoms with Crippen molar-refractivity contribution in [3.8, 4) is 0 Å². The number of nitrogens with zero attached hydrogens (tertiary/aromatic N) is 4. The van der Waals surface area contributed by atoms with Gasteiger partial charge in [-0.3, -0.25) is 9.59 Å². The topological polar surface area (TPSA) is 85.9 Å². The standard InChI is InChI=1S/C27H32F3N5O3S/c1-18-5-4-13-33(16-18)14-11-23(36)32-22-15-19(10-12-31-22)17-34-25(38)35(24(37)26(34,2)3)20-6-8-21(9-7-20)39-27(28,29)30/h6-10,12,15,18H,4-5,11,13-14,16-17H2,1-3H3,(H,31,32,36). The minimum atomic E-state index is -4.44. The van der Waals surface area contributed by atoms with Crippen molar-refractivity contribution in [2.45, 2.75) is 62.5 Å². The summed E-state index contributed by atoms with van der Waals surface area (Å²) < 4.78 is 38.0. The first kappa shape index (κ1) is 28.9. The maximum Gasteiger partial charge on any atom is 0.446 e. The van der Waals surface area contributed by atoms with Gasteiger partial charge in [0.25, 0.3) is 5.91 Å². The Bertz CT molecular complexity index is 1220. The van der Waals surface area contributed by atoms with E-state index in [-0.39, 0.29) is 34.8 Å². The molecule has 39 heavy (non-hydrogen) atoms. The predicted octanol–water partition coefficient (Wildman–Crippen LogP) is 5.50. The molecule has 1 atom stereocenters. The lowest BCUT2D eigenvalue weighted by Crippen LogP contribution is -2.43. The molecule has 0 spiro atoms. The van der Waals surface area contributed by atoms with Crippen LogP contribution in [-0.4, -0.2) is 63.3 Å². The van der Waals surface area contributed by atoms with Gasteiger partial charge in [0.15, 0.2) is 0 Å². The number of aromatic nitrogens is 1. The van der Waals surface area contributed by atoms with Gasteiger partial charge in [-0.1, -0.05) is 6.92 Å². The van der Waals surface area contributed by atoms with Crippen LogP contribution in [0.5, 0.6) is 0 Å². The summed E-state index contributed by atoms with van der Waals surface area (Å²) in [5, 5.41) is 2.82. The van der Waals surface area contributed by atoms with Gasteiger partial charge in [0, 0.05) is 37.1 Å². The number of anilines is 2. The fraction of sp³-hybridized carbons (Fsp3) is 0.481. The van der Waals surface area contributed by atoms with Gasteiger partial charge >= 0.3 is 11.5 Å². The monoisotopic (exact) mass is 563 g/mol. The zero-order valence-electron chi connectivity index (χ0n) is 22.1. The van der Waals surface area contributed by atoms with Gasteiger partial charge in [0.1, 0.15) is 11.4 Å². The normalized spacial score (nSPS) is 20.0. The second kappa shape index (κ2) is 11.5. The first-order valence-corrected chi connectivity index (χ1v) is 13.6. The highest BCUT2D eigenvalue weighted by Crippen LogP contribution is 2.39. The van der Waals surface area contributed by atoms with Crippen molar-refractivity contribution in [2.24, 2.45) is 5.92 Å². The molecule has 1 aromatic heterocycles. The maximum absolute atomic E-state index is 13.3. The average molecular weight is 564 g/mol. The third-order valence-electron chi connectivity index (χ3n) is 6.98. The number of hydrogen-bond acceptors (Lipinski definition) is 6. The number of carbonyl (C=O) groups excluding carboxylic acids is 3. The minimum Gasteiger partial charge on any atom is -0.311 e. The highest BCUT2D eigenvalue weighted by molar-refractivity contribution is 8.00. The third kappa shape index (κ3) is 7.10. The molecule has 2 aromatic rings. The molecule has 0 radical (unpaired) electrons. The lowest BCUT2D eigenvalue weighted by Gasteiger charge is -2.30. The van der Waals surface area contributed by atoms with Crippen LogP contribution in [0.1, 0.15) is 45.6 Å². The molecule has 4 amide bonds. The molecule has 0 bridgehead atoms. The summed E-state index contributed by atoms with van der Waals surface area (Å²) in [5.41, 5.74) is -4.78. The highest BCUT2D eigenvalue weighted by Gasteiger charge is 2.51. The number of nitrogens with one attached hydrogen (secondary N) is 1. The summed E-state index contributed by atoms with van der Waals surface area (Å²) in [4.78, 5) is 47.9. The van der Waals surface area contributed by atoms with Crippen molar-refractivity contribution >= 4 is 41.1 Å². The summed E-state index contributed by atoms with van der Waals surface area (Å²) >= 11 is -0.266. The first-order chi connectivity index (χ1) is 18.3. The largest absolute Gasteiger partial charge is 0.446 e. The van der Waals surface area contributed by atoms with Crippen molar-refractivity contribution in [3.63, 3.8) is 0 Å². The van der Waals surface area contributed by atoms with Crippen molar-refractivity contribution in [1.29, 1.82) is 0 Å². The third-order valence-corrected chi connectivity index (χ3v) is 7.72. The molecule has 0 saturated carbocycles. The number of thioether (sulfide) groups is 1. The highest BCUT2D eigenvalue weighted by atomic mass is 32.2. The van der Waals surface area contributed by atoms with E-state index in [2.05, 4.69) is 22.1 Å². The van der Waals surface area contributed by atoms with Gasteiger partial charge < -0.3 is 15.1 Å². The first-order valence-electron chi connectivity index (χ1n) is 12.8. The molecule has 2 aliphatic rings. The van der Waals surface area contributed by atoms with E-state index in [1.165, 1.54) is 41.8 Å². The number of urea groups is 1. The number of carbonyl (C=O) groups is 3. The van der Waals surface area contributed by atoms with Crippen LogP contribution in [0.4, 0.5) is 29.5 Å². The molecule has 210 valence electrons. The van der Waals surface area contributed by atoms with Gasteiger partial charge in [0.2, 0.25) is 5.91 Å². The van der Waals surface area contributed by atoms with E-state index in [1.807, 2.05) is 0 Å². The van der Waals surface area contributed by atoms with E-state index in [0.29, 0.717) is 30.3 Å².